The number of nitrogens with zero attached hydrogens (tertiary/aromatic N) is 1. The maximum atomic E-state index is 11.2. The minimum absolute atomic E-state index is 0.0291. The fourth-order valence-corrected chi connectivity index (χ4v) is 1.74. The van der Waals surface area contributed by atoms with Crippen LogP contribution in [0.15, 0.2) is 35.1 Å². The molecule has 8 nitrogen and oxygen atoms in total. The number of aromatic amines is 1. The van der Waals surface area contributed by atoms with E-state index >= 15 is 0 Å². The molecule has 2 aromatic rings. The number of nitrogen functional groups attached to an aromatic ring is 1. The molecule has 2 rings (SSSR count). The quantitative estimate of drug-likeness (QED) is 0.527. The number of carboxylic acids is 1. The lowest BCUT2D eigenvalue weighted by molar-refractivity contribution is 0.0697. The summed E-state index contributed by atoms with van der Waals surface area (Å²) < 4.78 is 0. The maximum Gasteiger partial charge on any atom is 0.335 e. The molecule has 6 N–H and O–H groups in total. The number of benzene rings is 1. The van der Waals surface area contributed by atoms with Crippen molar-refractivity contribution in [1.82, 2.24) is 9.97 Å². The summed E-state index contributed by atoms with van der Waals surface area (Å²) in [6, 6.07) is 7.22. The Morgan fingerprint density at radius 1 is 1.29 bits per heavy atom. The molecule has 108 valence electrons. The molecule has 1 aromatic heterocycles. The highest BCUT2D eigenvalue weighted by molar-refractivity contribution is 7.80. The van der Waals surface area contributed by atoms with Crippen molar-refractivity contribution < 1.29 is 9.90 Å². The van der Waals surface area contributed by atoms with Gasteiger partial charge in [0, 0.05) is 11.8 Å². The summed E-state index contributed by atoms with van der Waals surface area (Å²) in [6.45, 7) is 0. The molecular weight excluding hydrogens is 294 g/mol. The third-order valence-electron chi connectivity index (χ3n) is 2.39. The Morgan fingerprint density at radius 3 is 2.52 bits per heavy atom. The zero-order valence-corrected chi connectivity index (χ0v) is 11.4. The van der Waals surface area contributed by atoms with Crippen LogP contribution in [0.5, 0.6) is 0 Å². The maximum absolute atomic E-state index is 11.2. The molecule has 0 aliphatic heterocycles. The summed E-state index contributed by atoms with van der Waals surface area (Å²) in [5.74, 6) is -0.833. The van der Waals surface area contributed by atoms with Gasteiger partial charge in [0.15, 0.2) is 5.11 Å². The van der Waals surface area contributed by atoms with Gasteiger partial charge < -0.3 is 21.5 Å². The number of nitrogens with one attached hydrogen (secondary N) is 3. The first-order valence-corrected chi connectivity index (χ1v) is 6.13. The number of aromatic nitrogens is 2. The number of nitrogens with two attached hydrogens (primary N) is 1. The summed E-state index contributed by atoms with van der Waals surface area (Å²) in [5, 5.41) is 14.5. The fourth-order valence-electron chi connectivity index (χ4n) is 1.52. The Balaban J connectivity index is 2.04. The van der Waals surface area contributed by atoms with E-state index in [2.05, 4.69) is 20.6 Å². The van der Waals surface area contributed by atoms with Gasteiger partial charge >= 0.3 is 5.97 Å². The Morgan fingerprint density at radius 2 is 1.95 bits per heavy atom. The molecular formula is C12H11N5O3S. The number of thiocarbonyl (C=S) groups is 1. The molecule has 9 heteroatoms. The van der Waals surface area contributed by atoms with Crippen molar-refractivity contribution in [3.8, 4) is 0 Å². The predicted octanol–water partition coefficient (Wildman–Crippen LogP) is 0.859. The summed E-state index contributed by atoms with van der Waals surface area (Å²) in [6.07, 6.45) is 0. The average molecular weight is 305 g/mol. The van der Waals surface area contributed by atoms with Crippen LogP contribution in [0.1, 0.15) is 10.4 Å². The molecule has 1 aromatic carbocycles. The summed E-state index contributed by atoms with van der Waals surface area (Å²) in [4.78, 5) is 28.1. The van der Waals surface area contributed by atoms with E-state index < -0.39 is 11.5 Å². The number of H-pyrrole nitrogens is 1. The standard InChI is InChI=1S/C12H11N5O3S/c13-11-15-8(5-9(18)17-11)16-12(21)14-7-3-1-6(2-4-7)10(19)20/h1-5H,(H,19,20)(H5,13,14,15,16,17,18,21). The molecule has 0 radical (unpaired) electrons. The van der Waals surface area contributed by atoms with Gasteiger partial charge in [0.2, 0.25) is 5.95 Å². The summed E-state index contributed by atoms with van der Waals surface area (Å²) in [5.41, 5.74) is 5.77. The number of hydrogen-bond acceptors (Lipinski definition) is 5. The van der Waals surface area contributed by atoms with Gasteiger partial charge in [-0.25, -0.2) is 4.79 Å². The molecule has 0 aliphatic rings. The summed E-state index contributed by atoms with van der Waals surface area (Å²) in [7, 11) is 0. The van der Waals surface area contributed by atoms with Gasteiger partial charge in [0.05, 0.1) is 5.56 Å². The van der Waals surface area contributed by atoms with E-state index in [4.69, 9.17) is 23.1 Å². The third-order valence-corrected chi connectivity index (χ3v) is 2.60. The molecule has 0 unspecified atom stereocenters. The Kier molecular flexibility index (Phi) is 4.14. The van der Waals surface area contributed by atoms with Crippen LogP contribution >= 0.6 is 12.2 Å². The first-order valence-electron chi connectivity index (χ1n) is 5.72. The third kappa shape index (κ3) is 4.01. The number of anilines is 3. The normalized spacial score (nSPS) is 9.90. The fraction of sp³-hybridized carbons (Fsp3) is 0. The Hall–Kier alpha value is -2.94. The average Bonchev–Trinajstić information content (AvgIpc) is 2.37. The summed E-state index contributed by atoms with van der Waals surface area (Å²) >= 11 is 5.06. The largest absolute Gasteiger partial charge is 0.478 e. The van der Waals surface area contributed by atoms with Crippen LogP contribution in [0.4, 0.5) is 17.5 Å². The Labute approximate surface area is 124 Å². The van der Waals surface area contributed by atoms with Crippen molar-refractivity contribution in [2.24, 2.45) is 0 Å². The van der Waals surface area contributed by atoms with Crippen molar-refractivity contribution in [3.05, 3.63) is 46.2 Å². The molecule has 21 heavy (non-hydrogen) atoms. The molecule has 0 amide bonds. The highest BCUT2D eigenvalue weighted by Gasteiger charge is 2.04. The van der Waals surface area contributed by atoms with E-state index in [1.54, 1.807) is 12.1 Å². The van der Waals surface area contributed by atoms with Gasteiger partial charge in [-0.1, -0.05) is 0 Å². The van der Waals surface area contributed by atoms with E-state index in [9.17, 15) is 9.59 Å². The number of carbonyl (C=O) groups is 1. The van der Waals surface area contributed by atoms with Crippen LogP contribution in [-0.2, 0) is 0 Å². The minimum Gasteiger partial charge on any atom is -0.478 e. The number of carboxylic acid groups (broad SMARTS) is 1. The van der Waals surface area contributed by atoms with Gasteiger partial charge in [-0.2, -0.15) is 4.98 Å². The first-order chi connectivity index (χ1) is 9.94. The topological polar surface area (TPSA) is 133 Å². The highest BCUT2D eigenvalue weighted by Crippen LogP contribution is 2.10. The molecule has 0 fully saturated rings. The smallest absolute Gasteiger partial charge is 0.335 e. The molecule has 0 saturated carbocycles. The van der Waals surface area contributed by atoms with Crippen LogP contribution in [0, 0.1) is 0 Å². The van der Waals surface area contributed by atoms with E-state index in [1.807, 2.05) is 0 Å². The van der Waals surface area contributed by atoms with Gasteiger partial charge in [0.25, 0.3) is 5.56 Å². The zero-order valence-electron chi connectivity index (χ0n) is 10.6. The number of rotatable bonds is 3. The van der Waals surface area contributed by atoms with E-state index in [0.29, 0.717) is 5.69 Å². The number of aromatic carboxylic acids is 1. The van der Waals surface area contributed by atoms with Crippen molar-refractivity contribution in [3.63, 3.8) is 0 Å². The van der Waals surface area contributed by atoms with Gasteiger partial charge in [-0.05, 0) is 36.5 Å². The lowest BCUT2D eigenvalue weighted by Crippen LogP contribution is -2.22. The van der Waals surface area contributed by atoms with Crippen LogP contribution in [0.3, 0.4) is 0 Å². The lowest BCUT2D eigenvalue weighted by atomic mass is 10.2. The van der Waals surface area contributed by atoms with Gasteiger partial charge in [-0.15, -0.1) is 0 Å². The van der Waals surface area contributed by atoms with Gasteiger partial charge in [0.1, 0.15) is 5.82 Å². The Bertz CT molecular complexity index is 741. The molecule has 0 bridgehead atoms. The van der Waals surface area contributed by atoms with Crippen LogP contribution in [-0.4, -0.2) is 26.2 Å². The zero-order chi connectivity index (χ0) is 15.4. The van der Waals surface area contributed by atoms with Crippen LogP contribution < -0.4 is 21.9 Å². The highest BCUT2D eigenvalue weighted by atomic mass is 32.1. The SMILES string of the molecule is Nc1nc(NC(=S)Nc2ccc(C(=O)O)cc2)cc(=O)[nH]1. The van der Waals surface area contributed by atoms with Crippen LogP contribution in [0.2, 0.25) is 0 Å². The van der Waals surface area contributed by atoms with Crippen molar-refractivity contribution in [1.29, 1.82) is 0 Å². The second kappa shape index (κ2) is 6.01. The van der Waals surface area contributed by atoms with Crippen molar-refractivity contribution in [2.45, 2.75) is 0 Å². The van der Waals surface area contributed by atoms with Crippen molar-refractivity contribution >= 4 is 40.8 Å². The monoisotopic (exact) mass is 305 g/mol. The first kappa shape index (κ1) is 14.5. The molecule has 0 saturated heterocycles. The molecule has 1 heterocycles. The molecule has 0 aliphatic carbocycles. The minimum atomic E-state index is -1.01. The van der Waals surface area contributed by atoms with E-state index in [-0.39, 0.29) is 22.4 Å². The molecule has 0 spiro atoms. The predicted molar refractivity (Wildman–Crippen MR) is 82.5 cm³/mol. The second-order valence-corrected chi connectivity index (χ2v) is 4.39. The van der Waals surface area contributed by atoms with E-state index in [1.165, 1.54) is 18.2 Å². The number of hydrogen-bond donors (Lipinski definition) is 5. The van der Waals surface area contributed by atoms with Crippen LogP contribution in [0.25, 0.3) is 0 Å². The van der Waals surface area contributed by atoms with Crippen molar-refractivity contribution in [2.75, 3.05) is 16.4 Å². The lowest BCUT2D eigenvalue weighted by Gasteiger charge is -2.10. The van der Waals surface area contributed by atoms with E-state index in [0.717, 1.165) is 0 Å². The molecule has 0 atom stereocenters. The van der Waals surface area contributed by atoms with Gasteiger partial charge in [-0.3, -0.25) is 9.78 Å². The second-order valence-electron chi connectivity index (χ2n) is 3.98.